The molecule has 0 radical (unpaired) electrons. The topological polar surface area (TPSA) is 43.9 Å². The number of aromatic nitrogens is 3. The lowest BCUT2D eigenvalue weighted by atomic mass is 9.92. The van der Waals surface area contributed by atoms with Crippen LogP contribution in [-0.2, 0) is 17.2 Å². The standard InChI is InChI=1S/C20H23ClFN3OS/c1-19(2,3)17-10-15(25(6)24-17)14-11-26-18(23-14)20(4,5)27-16-8-7-12(21)9-13(16)22/h7-11H,1-6H3. The number of rotatable bonds is 4. The SMILES string of the molecule is Cn1nc(C(C)(C)C)cc1-c1coc(C(C)(C)Sc2ccc(Cl)cc2F)n1. The van der Waals surface area contributed by atoms with Crippen LogP contribution in [0.25, 0.3) is 11.4 Å². The van der Waals surface area contributed by atoms with Crippen molar-refractivity contribution in [3.05, 3.63) is 53.0 Å². The molecule has 0 unspecified atom stereocenters. The molecule has 7 heteroatoms. The largest absolute Gasteiger partial charge is 0.447 e. The maximum Gasteiger partial charge on any atom is 0.210 e. The Balaban J connectivity index is 1.89. The zero-order valence-corrected chi connectivity index (χ0v) is 17.9. The molecule has 1 aromatic carbocycles. The van der Waals surface area contributed by atoms with Gasteiger partial charge in [-0.15, -0.1) is 11.8 Å². The minimum Gasteiger partial charge on any atom is -0.447 e. The molecule has 0 saturated heterocycles. The van der Waals surface area contributed by atoms with Gasteiger partial charge < -0.3 is 4.42 Å². The number of halogens is 2. The molecule has 4 nitrogen and oxygen atoms in total. The van der Waals surface area contributed by atoms with Gasteiger partial charge in [0.05, 0.1) is 16.1 Å². The lowest BCUT2D eigenvalue weighted by molar-refractivity contribution is 0.451. The molecule has 0 N–H and O–H groups in total. The predicted molar refractivity (Wildman–Crippen MR) is 108 cm³/mol. The molecule has 0 amide bonds. The number of hydrogen-bond acceptors (Lipinski definition) is 4. The highest BCUT2D eigenvalue weighted by Gasteiger charge is 2.30. The molecule has 0 aliphatic rings. The van der Waals surface area contributed by atoms with Crippen LogP contribution in [0.4, 0.5) is 4.39 Å². The zero-order chi connectivity index (χ0) is 20.0. The predicted octanol–water partition coefficient (Wildman–Crippen LogP) is 6.19. The first-order chi connectivity index (χ1) is 12.5. The zero-order valence-electron chi connectivity index (χ0n) is 16.3. The fraction of sp³-hybridized carbons (Fsp3) is 0.400. The van der Waals surface area contributed by atoms with E-state index in [0.29, 0.717) is 21.5 Å². The highest BCUT2D eigenvalue weighted by Crippen LogP contribution is 2.42. The number of benzene rings is 1. The third-order valence-corrected chi connectivity index (χ3v) is 5.66. The summed E-state index contributed by atoms with van der Waals surface area (Å²) in [4.78, 5) is 5.15. The first kappa shape index (κ1) is 20.0. The van der Waals surface area contributed by atoms with Crippen molar-refractivity contribution < 1.29 is 8.81 Å². The summed E-state index contributed by atoms with van der Waals surface area (Å²) in [6.45, 7) is 10.3. The molecule has 144 valence electrons. The van der Waals surface area contributed by atoms with Gasteiger partial charge in [-0.2, -0.15) is 5.10 Å². The van der Waals surface area contributed by atoms with Gasteiger partial charge in [-0.05, 0) is 38.1 Å². The van der Waals surface area contributed by atoms with E-state index >= 15 is 0 Å². The van der Waals surface area contributed by atoms with Gasteiger partial charge in [0.25, 0.3) is 0 Å². The lowest BCUT2D eigenvalue weighted by Crippen LogP contribution is -2.13. The van der Waals surface area contributed by atoms with Crippen LogP contribution < -0.4 is 0 Å². The van der Waals surface area contributed by atoms with Crippen molar-refractivity contribution in [2.75, 3.05) is 0 Å². The van der Waals surface area contributed by atoms with Crippen LogP contribution >= 0.6 is 23.4 Å². The number of nitrogens with zero attached hydrogens (tertiary/aromatic N) is 3. The fourth-order valence-corrected chi connectivity index (χ4v) is 3.80. The average molecular weight is 408 g/mol. The minimum absolute atomic E-state index is 0.0518. The van der Waals surface area contributed by atoms with Crippen molar-refractivity contribution in [2.45, 2.75) is 49.7 Å². The van der Waals surface area contributed by atoms with E-state index in [1.807, 2.05) is 27.0 Å². The molecule has 0 bridgehead atoms. The number of oxazole rings is 1. The van der Waals surface area contributed by atoms with Crippen molar-refractivity contribution in [3.8, 4) is 11.4 Å². The summed E-state index contributed by atoms with van der Waals surface area (Å²) in [6, 6.07) is 6.68. The van der Waals surface area contributed by atoms with Crippen LogP contribution in [-0.4, -0.2) is 14.8 Å². The lowest BCUT2D eigenvalue weighted by Gasteiger charge is -2.20. The third kappa shape index (κ3) is 4.22. The molecule has 0 saturated carbocycles. The van der Waals surface area contributed by atoms with Crippen molar-refractivity contribution in [2.24, 2.45) is 7.05 Å². The smallest absolute Gasteiger partial charge is 0.210 e. The fourth-order valence-electron chi connectivity index (χ4n) is 2.62. The van der Waals surface area contributed by atoms with Crippen LogP contribution in [0.3, 0.4) is 0 Å². The van der Waals surface area contributed by atoms with Crippen molar-refractivity contribution >= 4 is 23.4 Å². The Bertz CT molecular complexity index is 972. The van der Waals surface area contributed by atoms with Crippen LogP contribution in [0.2, 0.25) is 5.02 Å². The molecule has 2 aromatic heterocycles. The summed E-state index contributed by atoms with van der Waals surface area (Å²) in [7, 11) is 1.89. The summed E-state index contributed by atoms with van der Waals surface area (Å²) in [6.07, 6.45) is 1.62. The molecule has 0 fully saturated rings. The van der Waals surface area contributed by atoms with Crippen molar-refractivity contribution in [1.29, 1.82) is 0 Å². The molecule has 2 heterocycles. The normalized spacial score (nSPS) is 12.6. The Hall–Kier alpha value is -1.79. The van der Waals surface area contributed by atoms with Crippen molar-refractivity contribution in [1.82, 2.24) is 14.8 Å². The molecule has 0 aliphatic heterocycles. The summed E-state index contributed by atoms with van der Waals surface area (Å²) in [5, 5.41) is 4.96. The molecule has 3 aromatic rings. The maximum absolute atomic E-state index is 14.2. The summed E-state index contributed by atoms with van der Waals surface area (Å²) in [5.74, 6) is 0.171. The van der Waals surface area contributed by atoms with Crippen LogP contribution in [0, 0.1) is 5.82 Å². The van der Waals surface area contributed by atoms with E-state index in [9.17, 15) is 4.39 Å². The van der Waals surface area contributed by atoms with Crippen LogP contribution in [0.1, 0.15) is 46.2 Å². The summed E-state index contributed by atoms with van der Waals surface area (Å²) in [5.41, 5.74) is 2.53. The van der Waals surface area contributed by atoms with Gasteiger partial charge in [-0.3, -0.25) is 4.68 Å². The van der Waals surface area contributed by atoms with E-state index in [1.54, 1.807) is 23.1 Å². The molecule has 0 spiro atoms. The second-order valence-corrected chi connectivity index (χ2v) is 10.1. The number of hydrogen-bond donors (Lipinski definition) is 0. The monoisotopic (exact) mass is 407 g/mol. The third-order valence-electron chi connectivity index (χ3n) is 4.19. The highest BCUT2D eigenvalue weighted by atomic mass is 35.5. The van der Waals surface area contributed by atoms with E-state index in [-0.39, 0.29) is 11.2 Å². The minimum atomic E-state index is -0.557. The first-order valence-electron chi connectivity index (χ1n) is 8.62. The van der Waals surface area contributed by atoms with E-state index in [0.717, 1.165) is 11.4 Å². The van der Waals surface area contributed by atoms with Gasteiger partial charge in [0.15, 0.2) is 0 Å². The Morgan fingerprint density at radius 2 is 1.85 bits per heavy atom. The van der Waals surface area contributed by atoms with Gasteiger partial charge in [-0.1, -0.05) is 32.4 Å². The first-order valence-corrected chi connectivity index (χ1v) is 9.82. The molecular formula is C20H23ClFN3OS. The van der Waals surface area contributed by atoms with Gasteiger partial charge in [0.2, 0.25) is 5.89 Å². The second-order valence-electron chi connectivity index (χ2n) is 8.01. The van der Waals surface area contributed by atoms with Gasteiger partial charge in [0.1, 0.15) is 17.8 Å². The second kappa shape index (κ2) is 6.99. The Morgan fingerprint density at radius 3 is 2.44 bits per heavy atom. The molecule has 0 aliphatic carbocycles. The molecule has 27 heavy (non-hydrogen) atoms. The Kier molecular flexibility index (Phi) is 5.16. The van der Waals surface area contributed by atoms with Crippen LogP contribution in [0.15, 0.2) is 39.8 Å². The number of thioether (sulfide) groups is 1. The van der Waals surface area contributed by atoms with E-state index in [4.69, 9.17) is 16.0 Å². The van der Waals surface area contributed by atoms with Gasteiger partial charge in [-0.25, -0.2) is 9.37 Å². The van der Waals surface area contributed by atoms with E-state index < -0.39 is 4.75 Å². The van der Waals surface area contributed by atoms with Crippen LogP contribution in [0.5, 0.6) is 0 Å². The van der Waals surface area contributed by atoms with Gasteiger partial charge in [0, 0.05) is 22.4 Å². The molecular weight excluding hydrogens is 385 g/mol. The molecule has 0 atom stereocenters. The van der Waals surface area contributed by atoms with Crippen molar-refractivity contribution in [3.63, 3.8) is 0 Å². The summed E-state index contributed by atoms with van der Waals surface area (Å²) < 4.78 is 21.2. The Morgan fingerprint density at radius 1 is 1.15 bits per heavy atom. The average Bonchev–Trinajstić information content (AvgIpc) is 3.16. The number of aryl methyl sites for hydroxylation is 1. The Labute approximate surface area is 168 Å². The van der Waals surface area contributed by atoms with E-state index in [2.05, 4.69) is 30.9 Å². The van der Waals surface area contributed by atoms with E-state index in [1.165, 1.54) is 17.8 Å². The molecule has 3 rings (SSSR count). The maximum atomic E-state index is 14.2. The van der Waals surface area contributed by atoms with Gasteiger partial charge >= 0.3 is 0 Å². The summed E-state index contributed by atoms with van der Waals surface area (Å²) >= 11 is 7.18. The highest BCUT2D eigenvalue weighted by molar-refractivity contribution is 8.00. The quantitative estimate of drug-likeness (QED) is 0.483.